The zero-order valence-electron chi connectivity index (χ0n) is 7.51. The van der Waals surface area contributed by atoms with E-state index in [2.05, 4.69) is 4.74 Å². The van der Waals surface area contributed by atoms with Crippen LogP contribution in [0.4, 0.5) is 14.5 Å². The van der Waals surface area contributed by atoms with Crippen molar-refractivity contribution in [3.05, 3.63) is 29.3 Å². The van der Waals surface area contributed by atoms with E-state index in [1.54, 1.807) is 0 Å². The summed E-state index contributed by atoms with van der Waals surface area (Å²) in [6, 6.07) is 2.18. The monoisotopic (exact) mass is 201 g/mol. The van der Waals surface area contributed by atoms with Gasteiger partial charge in [-0.2, -0.15) is 0 Å². The summed E-state index contributed by atoms with van der Waals surface area (Å²) in [6.07, 6.45) is -0.257. The van der Waals surface area contributed by atoms with E-state index in [0.29, 0.717) is 0 Å². The van der Waals surface area contributed by atoms with Crippen LogP contribution in [-0.2, 0) is 16.0 Å². The lowest BCUT2D eigenvalue weighted by atomic mass is 10.1. The topological polar surface area (TPSA) is 52.3 Å². The fourth-order valence-corrected chi connectivity index (χ4v) is 0.979. The molecule has 0 heterocycles. The molecular weight excluding hydrogens is 192 g/mol. The van der Waals surface area contributed by atoms with Gasteiger partial charge in [-0.15, -0.1) is 0 Å². The number of rotatable bonds is 2. The SMILES string of the molecule is COC(=O)Cc1ccc(F)c(N)c1F. The third-order valence-corrected chi connectivity index (χ3v) is 1.77. The molecule has 1 aromatic rings. The fraction of sp³-hybridized carbons (Fsp3) is 0.222. The molecule has 1 rings (SSSR count). The molecule has 76 valence electrons. The van der Waals surface area contributed by atoms with Crippen LogP contribution in [0.3, 0.4) is 0 Å². The number of methoxy groups -OCH3 is 1. The predicted molar refractivity (Wildman–Crippen MR) is 46.5 cm³/mol. The molecular formula is C9H9F2NO2. The molecule has 0 aliphatic rings. The summed E-state index contributed by atoms with van der Waals surface area (Å²) in [5.41, 5.74) is 4.54. The molecule has 0 aliphatic carbocycles. The third-order valence-electron chi connectivity index (χ3n) is 1.77. The van der Waals surface area contributed by atoms with Gasteiger partial charge in [0.25, 0.3) is 0 Å². The number of anilines is 1. The van der Waals surface area contributed by atoms with E-state index in [4.69, 9.17) is 5.73 Å². The van der Waals surface area contributed by atoms with Gasteiger partial charge in [-0.25, -0.2) is 8.78 Å². The van der Waals surface area contributed by atoms with Crippen LogP contribution < -0.4 is 5.73 Å². The minimum atomic E-state index is -0.907. The Bertz CT molecular complexity index is 366. The van der Waals surface area contributed by atoms with Gasteiger partial charge in [0.05, 0.1) is 13.5 Å². The first-order chi connectivity index (χ1) is 6.56. The van der Waals surface area contributed by atoms with Gasteiger partial charge in [-0.1, -0.05) is 6.07 Å². The van der Waals surface area contributed by atoms with Crippen LogP contribution in [0, 0.1) is 11.6 Å². The van der Waals surface area contributed by atoms with E-state index in [0.717, 1.165) is 12.1 Å². The first-order valence-electron chi connectivity index (χ1n) is 3.85. The summed E-state index contributed by atoms with van der Waals surface area (Å²) < 4.78 is 30.2. The lowest BCUT2D eigenvalue weighted by molar-refractivity contribution is -0.139. The normalized spacial score (nSPS) is 9.93. The quantitative estimate of drug-likeness (QED) is 0.579. The molecule has 0 aliphatic heterocycles. The van der Waals surface area contributed by atoms with Crippen LogP contribution in [0.5, 0.6) is 0 Å². The molecule has 0 aromatic heterocycles. The van der Waals surface area contributed by atoms with Crippen LogP contribution in [0.15, 0.2) is 12.1 Å². The summed E-state index contributed by atoms with van der Waals surface area (Å²) >= 11 is 0. The Morgan fingerprint density at radius 2 is 2.14 bits per heavy atom. The Balaban J connectivity index is 3.00. The zero-order valence-corrected chi connectivity index (χ0v) is 7.51. The number of carbonyl (C=O) groups is 1. The maximum Gasteiger partial charge on any atom is 0.310 e. The lowest BCUT2D eigenvalue weighted by Crippen LogP contribution is -2.08. The van der Waals surface area contributed by atoms with E-state index in [1.165, 1.54) is 7.11 Å². The maximum absolute atomic E-state index is 13.2. The molecule has 0 unspecified atom stereocenters. The highest BCUT2D eigenvalue weighted by molar-refractivity contribution is 5.73. The second-order valence-corrected chi connectivity index (χ2v) is 2.69. The number of hydrogen-bond donors (Lipinski definition) is 1. The second-order valence-electron chi connectivity index (χ2n) is 2.69. The van der Waals surface area contributed by atoms with E-state index in [1.807, 2.05) is 0 Å². The van der Waals surface area contributed by atoms with Crippen molar-refractivity contribution in [2.24, 2.45) is 0 Å². The average Bonchev–Trinajstić information content (AvgIpc) is 2.19. The molecule has 0 spiro atoms. The number of esters is 1. The van der Waals surface area contributed by atoms with Crippen molar-refractivity contribution in [2.45, 2.75) is 6.42 Å². The molecule has 0 saturated heterocycles. The van der Waals surface area contributed by atoms with Gasteiger partial charge in [0.1, 0.15) is 11.5 Å². The molecule has 0 atom stereocenters. The summed E-state index contributed by atoms with van der Waals surface area (Å²) in [6.45, 7) is 0. The van der Waals surface area contributed by atoms with E-state index in [-0.39, 0.29) is 12.0 Å². The average molecular weight is 201 g/mol. The third kappa shape index (κ3) is 1.99. The molecule has 0 saturated carbocycles. The number of nitrogens with two attached hydrogens (primary N) is 1. The van der Waals surface area contributed by atoms with E-state index < -0.39 is 23.3 Å². The number of benzene rings is 1. The number of nitrogen functional groups attached to an aromatic ring is 1. The Kier molecular flexibility index (Phi) is 3.01. The molecule has 2 N–H and O–H groups in total. The first-order valence-corrected chi connectivity index (χ1v) is 3.85. The highest BCUT2D eigenvalue weighted by atomic mass is 19.1. The molecule has 0 radical (unpaired) electrons. The molecule has 0 bridgehead atoms. The van der Waals surface area contributed by atoms with Crippen LogP contribution >= 0.6 is 0 Å². The smallest absolute Gasteiger partial charge is 0.310 e. The van der Waals surface area contributed by atoms with Gasteiger partial charge in [-0.05, 0) is 6.07 Å². The Morgan fingerprint density at radius 1 is 1.50 bits per heavy atom. The van der Waals surface area contributed by atoms with Crippen LogP contribution in [-0.4, -0.2) is 13.1 Å². The summed E-state index contributed by atoms with van der Waals surface area (Å²) in [5.74, 6) is -2.35. The van der Waals surface area contributed by atoms with Gasteiger partial charge >= 0.3 is 5.97 Å². The molecule has 1 aromatic carbocycles. The summed E-state index contributed by atoms with van der Waals surface area (Å²) in [5, 5.41) is 0. The van der Waals surface area contributed by atoms with Crippen molar-refractivity contribution in [3.63, 3.8) is 0 Å². The summed E-state index contributed by atoms with van der Waals surface area (Å²) in [4.78, 5) is 10.8. The standard InChI is InChI=1S/C9H9F2NO2/c1-14-7(13)4-5-2-3-6(10)9(12)8(5)11/h2-3H,4,12H2,1H3. The maximum atomic E-state index is 13.2. The number of hydrogen-bond acceptors (Lipinski definition) is 3. The number of halogens is 2. The molecule has 0 fully saturated rings. The van der Waals surface area contributed by atoms with Gasteiger partial charge < -0.3 is 10.5 Å². The van der Waals surface area contributed by atoms with Crippen molar-refractivity contribution in [3.8, 4) is 0 Å². The van der Waals surface area contributed by atoms with Gasteiger partial charge in [0.15, 0.2) is 5.82 Å². The van der Waals surface area contributed by atoms with Crippen LogP contribution in [0.2, 0.25) is 0 Å². The number of carbonyl (C=O) groups excluding carboxylic acids is 1. The van der Waals surface area contributed by atoms with Gasteiger partial charge in [0, 0.05) is 5.56 Å². The molecule has 14 heavy (non-hydrogen) atoms. The van der Waals surface area contributed by atoms with Crippen molar-refractivity contribution in [2.75, 3.05) is 12.8 Å². The summed E-state index contributed by atoms with van der Waals surface area (Å²) in [7, 11) is 1.19. The predicted octanol–water partition coefficient (Wildman–Crippen LogP) is 1.26. The van der Waals surface area contributed by atoms with Crippen molar-refractivity contribution in [1.82, 2.24) is 0 Å². The van der Waals surface area contributed by atoms with Crippen molar-refractivity contribution >= 4 is 11.7 Å². The highest BCUT2D eigenvalue weighted by Crippen LogP contribution is 2.19. The van der Waals surface area contributed by atoms with Crippen LogP contribution in [0.25, 0.3) is 0 Å². The van der Waals surface area contributed by atoms with E-state index in [9.17, 15) is 13.6 Å². The lowest BCUT2D eigenvalue weighted by Gasteiger charge is -2.04. The minimum Gasteiger partial charge on any atom is -0.469 e. The fourth-order valence-electron chi connectivity index (χ4n) is 0.979. The molecule has 3 nitrogen and oxygen atoms in total. The Labute approximate surface area is 79.5 Å². The Hall–Kier alpha value is -1.65. The van der Waals surface area contributed by atoms with Gasteiger partial charge in [0.2, 0.25) is 0 Å². The Morgan fingerprint density at radius 3 is 2.71 bits per heavy atom. The number of ether oxygens (including phenoxy) is 1. The van der Waals surface area contributed by atoms with E-state index >= 15 is 0 Å². The highest BCUT2D eigenvalue weighted by Gasteiger charge is 2.13. The first kappa shape index (κ1) is 10.4. The minimum absolute atomic E-state index is 0.0238. The zero-order chi connectivity index (χ0) is 10.7. The van der Waals surface area contributed by atoms with Gasteiger partial charge in [-0.3, -0.25) is 4.79 Å². The van der Waals surface area contributed by atoms with Crippen molar-refractivity contribution in [1.29, 1.82) is 0 Å². The second kappa shape index (κ2) is 4.04. The molecule has 0 amide bonds. The van der Waals surface area contributed by atoms with Crippen molar-refractivity contribution < 1.29 is 18.3 Å². The van der Waals surface area contributed by atoms with Crippen LogP contribution in [0.1, 0.15) is 5.56 Å². The largest absolute Gasteiger partial charge is 0.469 e. The molecule has 5 heteroatoms.